The Morgan fingerprint density at radius 2 is 2.04 bits per heavy atom. The van der Waals surface area contributed by atoms with Crippen LogP contribution in [0.3, 0.4) is 0 Å². The Balaban J connectivity index is 1.68. The third-order valence-corrected chi connectivity index (χ3v) is 2.97. The Morgan fingerprint density at radius 1 is 1.26 bits per heavy atom. The molecule has 2 amide bonds. The van der Waals surface area contributed by atoms with Gasteiger partial charge in [0.1, 0.15) is 18.1 Å². The Bertz CT molecular complexity index is 642. The number of nitrogens with zero attached hydrogens (tertiary/aromatic N) is 3. The highest BCUT2D eigenvalue weighted by Crippen LogP contribution is 2.10. The maximum absolute atomic E-state index is 11.4. The van der Waals surface area contributed by atoms with Crippen molar-refractivity contribution in [3.8, 4) is 5.75 Å². The lowest BCUT2D eigenvalue weighted by Gasteiger charge is -2.03. The summed E-state index contributed by atoms with van der Waals surface area (Å²) < 4.78 is 7.24. The molecular weight excluding hydrogens is 298 g/mol. The first-order valence-electron chi connectivity index (χ1n) is 7.25. The zero-order valence-electron chi connectivity index (χ0n) is 12.6. The lowest BCUT2D eigenvalue weighted by atomic mass is 10.3. The van der Waals surface area contributed by atoms with Crippen molar-refractivity contribution in [1.29, 1.82) is 0 Å². The fourth-order valence-electron chi connectivity index (χ4n) is 1.86. The van der Waals surface area contributed by atoms with Crippen LogP contribution in [0.2, 0.25) is 0 Å². The highest BCUT2D eigenvalue weighted by atomic mass is 16.5. The zero-order chi connectivity index (χ0) is 16.5. The van der Waals surface area contributed by atoms with E-state index in [4.69, 9.17) is 10.5 Å². The summed E-state index contributed by atoms with van der Waals surface area (Å²) in [4.78, 5) is 22.0. The summed E-state index contributed by atoms with van der Waals surface area (Å²) in [5.41, 5.74) is 5.66. The molecule has 8 nitrogen and oxygen atoms in total. The van der Waals surface area contributed by atoms with Gasteiger partial charge in [-0.1, -0.05) is 23.4 Å². The number of hydrogen-bond acceptors (Lipinski definition) is 5. The highest BCUT2D eigenvalue weighted by Gasteiger charge is 2.05. The Kier molecular flexibility index (Phi) is 6.10. The molecule has 0 saturated heterocycles. The van der Waals surface area contributed by atoms with E-state index in [1.807, 2.05) is 30.3 Å². The number of hydrogen-bond donors (Lipinski definition) is 2. The fourth-order valence-corrected chi connectivity index (χ4v) is 1.86. The molecule has 2 rings (SSSR count). The van der Waals surface area contributed by atoms with E-state index < -0.39 is 5.91 Å². The second kappa shape index (κ2) is 8.52. The van der Waals surface area contributed by atoms with Crippen LogP contribution in [0.1, 0.15) is 18.5 Å². The number of nitrogens with one attached hydrogen (secondary N) is 1. The number of primary amides is 1. The van der Waals surface area contributed by atoms with Crippen LogP contribution in [0.4, 0.5) is 0 Å². The van der Waals surface area contributed by atoms with Gasteiger partial charge in [0.15, 0.2) is 0 Å². The Hall–Kier alpha value is -2.90. The van der Waals surface area contributed by atoms with Gasteiger partial charge in [0.2, 0.25) is 11.8 Å². The molecule has 23 heavy (non-hydrogen) atoms. The van der Waals surface area contributed by atoms with Crippen molar-refractivity contribution in [2.24, 2.45) is 5.73 Å². The van der Waals surface area contributed by atoms with Crippen molar-refractivity contribution in [1.82, 2.24) is 20.3 Å². The van der Waals surface area contributed by atoms with Crippen molar-refractivity contribution in [3.63, 3.8) is 0 Å². The lowest BCUT2D eigenvalue weighted by Crippen LogP contribution is -2.33. The van der Waals surface area contributed by atoms with Gasteiger partial charge in [-0.2, -0.15) is 0 Å². The summed E-state index contributed by atoms with van der Waals surface area (Å²) in [6.45, 7) is 0.759. The second-order valence-electron chi connectivity index (χ2n) is 4.92. The number of benzene rings is 1. The number of nitrogens with two attached hydrogens (primary N) is 1. The lowest BCUT2D eigenvalue weighted by molar-refractivity contribution is -0.124. The molecule has 0 aliphatic rings. The van der Waals surface area contributed by atoms with E-state index in [2.05, 4.69) is 15.6 Å². The number of para-hydroxylation sites is 1. The van der Waals surface area contributed by atoms with Gasteiger partial charge in [0.05, 0.1) is 12.7 Å². The molecule has 0 aliphatic heterocycles. The molecule has 0 bridgehead atoms. The molecule has 1 heterocycles. The van der Waals surface area contributed by atoms with E-state index in [1.165, 1.54) is 0 Å². The van der Waals surface area contributed by atoms with E-state index in [0.717, 1.165) is 5.75 Å². The Labute approximate surface area is 133 Å². The number of aryl methyl sites for hydroxylation is 1. The molecule has 0 unspecified atom stereocenters. The minimum absolute atomic E-state index is 0.136. The van der Waals surface area contributed by atoms with Gasteiger partial charge in [-0.25, -0.2) is 0 Å². The first kappa shape index (κ1) is 16.5. The molecule has 122 valence electrons. The van der Waals surface area contributed by atoms with Crippen molar-refractivity contribution in [2.75, 3.05) is 6.54 Å². The van der Waals surface area contributed by atoms with E-state index in [9.17, 15) is 9.59 Å². The maximum Gasteiger partial charge on any atom is 0.236 e. The van der Waals surface area contributed by atoms with Gasteiger partial charge >= 0.3 is 0 Å². The first-order valence-corrected chi connectivity index (χ1v) is 7.25. The molecule has 0 saturated carbocycles. The van der Waals surface area contributed by atoms with E-state index in [-0.39, 0.29) is 12.5 Å². The molecule has 1 aromatic heterocycles. The van der Waals surface area contributed by atoms with Crippen LogP contribution in [0, 0.1) is 0 Å². The summed E-state index contributed by atoms with van der Waals surface area (Å²) in [6.07, 6.45) is 2.67. The van der Waals surface area contributed by atoms with Crippen LogP contribution in [0.15, 0.2) is 36.5 Å². The van der Waals surface area contributed by atoms with Gasteiger partial charge in [-0.15, -0.1) is 5.10 Å². The van der Waals surface area contributed by atoms with Crippen LogP contribution >= 0.6 is 0 Å². The molecule has 3 N–H and O–H groups in total. The normalized spacial score (nSPS) is 10.3. The van der Waals surface area contributed by atoms with E-state index in [0.29, 0.717) is 31.7 Å². The zero-order valence-corrected chi connectivity index (χ0v) is 12.6. The summed E-state index contributed by atoms with van der Waals surface area (Å²) in [5.74, 6) is 0.00223. The minimum Gasteiger partial charge on any atom is -0.487 e. The van der Waals surface area contributed by atoms with Crippen LogP contribution in [0.25, 0.3) is 0 Å². The van der Waals surface area contributed by atoms with Crippen LogP contribution < -0.4 is 15.8 Å². The molecule has 0 fully saturated rings. The maximum atomic E-state index is 11.4. The largest absolute Gasteiger partial charge is 0.487 e. The average Bonchev–Trinajstić information content (AvgIpc) is 3.00. The number of amides is 2. The SMILES string of the molecule is NC(=O)CNC(=O)CCCn1cc(COc2ccccc2)nn1. The fraction of sp³-hybridized carbons (Fsp3) is 0.333. The molecule has 0 aliphatic carbocycles. The topological polar surface area (TPSA) is 112 Å². The van der Waals surface area contributed by atoms with Crippen LogP contribution in [-0.4, -0.2) is 33.4 Å². The number of rotatable bonds is 9. The minimum atomic E-state index is -0.558. The third kappa shape index (κ3) is 6.16. The molecule has 2 aromatic rings. The number of ether oxygens (including phenoxy) is 1. The monoisotopic (exact) mass is 317 g/mol. The quantitative estimate of drug-likeness (QED) is 0.688. The molecule has 8 heteroatoms. The van der Waals surface area contributed by atoms with Crippen molar-refractivity contribution in [3.05, 3.63) is 42.2 Å². The molecular formula is C15H19N5O3. The van der Waals surface area contributed by atoms with Crippen molar-refractivity contribution in [2.45, 2.75) is 26.0 Å². The average molecular weight is 317 g/mol. The number of carbonyl (C=O) groups is 2. The number of carbonyl (C=O) groups excluding carboxylic acids is 2. The first-order chi connectivity index (χ1) is 11.1. The van der Waals surface area contributed by atoms with E-state index in [1.54, 1.807) is 10.9 Å². The summed E-state index contributed by atoms with van der Waals surface area (Å²) >= 11 is 0. The smallest absolute Gasteiger partial charge is 0.236 e. The molecule has 0 radical (unpaired) electrons. The van der Waals surface area contributed by atoms with Crippen LogP contribution in [0.5, 0.6) is 5.75 Å². The molecule has 0 spiro atoms. The third-order valence-electron chi connectivity index (χ3n) is 2.97. The van der Waals surface area contributed by atoms with Crippen LogP contribution in [-0.2, 0) is 22.7 Å². The van der Waals surface area contributed by atoms with Gasteiger partial charge < -0.3 is 15.8 Å². The van der Waals surface area contributed by atoms with Crippen molar-refractivity contribution >= 4 is 11.8 Å². The van der Waals surface area contributed by atoms with E-state index >= 15 is 0 Å². The molecule has 1 aromatic carbocycles. The summed E-state index contributed by atoms with van der Waals surface area (Å²) in [5, 5.41) is 10.4. The van der Waals surface area contributed by atoms with Gasteiger partial charge in [-0.05, 0) is 18.6 Å². The Morgan fingerprint density at radius 3 is 2.78 bits per heavy atom. The summed E-state index contributed by atoms with van der Waals surface area (Å²) in [7, 11) is 0. The predicted octanol–water partition coefficient (Wildman–Crippen LogP) is 0.239. The van der Waals surface area contributed by atoms with Gasteiger partial charge in [0, 0.05) is 13.0 Å². The predicted molar refractivity (Wildman–Crippen MR) is 82.2 cm³/mol. The number of aromatic nitrogens is 3. The van der Waals surface area contributed by atoms with Gasteiger partial charge in [-0.3, -0.25) is 14.3 Å². The molecule has 0 atom stereocenters. The second-order valence-corrected chi connectivity index (χ2v) is 4.92. The van der Waals surface area contributed by atoms with Gasteiger partial charge in [0.25, 0.3) is 0 Å². The highest BCUT2D eigenvalue weighted by molar-refractivity contribution is 5.83. The summed E-state index contributed by atoms with van der Waals surface area (Å²) in [6, 6.07) is 9.46. The van der Waals surface area contributed by atoms with Crippen molar-refractivity contribution < 1.29 is 14.3 Å². The standard InChI is InChI=1S/C15H19N5O3/c16-14(21)9-17-15(22)7-4-8-20-10-12(18-19-20)11-23-13-5-2-1-3-6-13/h1-3,5-6,10H,4,7-9,11H2,(H2,16,21)(H,17,22).